The molecule has 16 heavy (non-hydrogen) atoms. The molecule has 0 heterocycles. The van der Waals surface area contributed by atoms with E-state index >= 15 is 0 Å². The van der Waals surface area contributed by atoms with Crippen molar-refractivity contribution in [2.75, 3.05) is 13.6 Å². The lowest BCUT2D eigenvalue weighted by atomic mass is 9.99. The lowest BCUT2D eigenvalue weighted by molar-refractivity contribution is 0.490. The van der Waals surface area contributed by atoms with Crippen molar-refractivity contribution in [3.63, 3.8) is 0 Å². The van der Waals surface area contributed by atoms with Gasteiger partial charge in [-0.05, 0) is 32.0 Å². The number of aryl methyl sites for hydroxylation is 2. The van der Waals surface area contributed by atoms with Crippen LogP contribution in [0.5, 0.6) is 0 Å². The SMILES string of the molecule is CNC(CNC(C)C)c1ccc(C)cc1C. The van der Waals surface area contributed by atoms with Gasteiger partial charge in [-0.15, -0.1) is 0 Å². The average Bonchev–Trinajstić information content (AvgIpc) is 2.21. The summed E-state index contributed by atoms with van der Waals surface area (Å²) < 4.78 is 0. The van der Waals surface area contributed by atoms with Gasteiger partial charge in [-0.2, -0.15) is 0 Å². The maximum atomic E-state index is 3.47. The van der Waals surface area contributed by atoms with E-state index < -0.39 is 0 Å². The highest BCUT2D eigenvalue weighted by Crippen LogP contribution is 2.18. The highest BCUT2D eigenvalue weighted by molar-refractivity contribution is 5.33. The lowest BCUT2D eigenvalue weighted by Crippen LogP contribution is -2.33. The monoisotopic (exact) mass is 220 g/mol. The third-order valence-electron chi connectivity index (χ3n) is 2.88. The molecule has 0 fully saturated rings. The van der Waals surface area contributed by atoms with Crippen LogP contribution in [0.4, 0.5) is 0 Å². The summed E-state index contributed by atoms with van der Waals surface area (Å²) in [6.07, 6.45) is 0. The molecule has 1 aromatic rings. The number of benzene rings is 1. The predicted octanol–water partition coefficient (Wildman–Crippen LogP) is 2.56. The first kappa shape index (κ1) is 13.2. The molecule has 1 rings (SSSR count). The van der Waals surface area contributed by atoms with Crippen molar-refractivity contribution in [2.45, 2.75) is 39.8 Å². The third-order valence-corrected chi connectivity index (χ3v) is 2.88. The van der Waals surface area contributed by atoms with E-state index in [9.17, 15) is 0 Å². The van der Waals surface area contributed by atoms with Crippen molar-refractivity contribution in [2.24, 2.45) is 0 Å². The van der Waals surface area contributed by atoms with Crippen LogP contribution in [0.2, 0.25) is 0 Å². The van der Waals surface area contributed by atoms with Crippen LogP contribution < -0.4 is 10.6 Å². The molecule has 1 aromatic carbocycles. The van der Waals surface area contributed by atoms with Gasteiger partial charge in [0, 0.05) is 18.6 Å². The van der Waals surface area contributed by atoms with Gasteiger partial charge < -0.3 is 10.6 Å². The summed E-state index contributed by atoms with van der Waals surface area (Å²) in [5.41, 5.74) is 4.08. The summed E-state index contributed by atoms with van der Waals surface area (Å²) >= 11 is 0. The third kappa shape index (κ3) is 3.62. The first-order valence-electron chi connectivity index (χ1n) is 6.02. The second-order valence-electron chi connectivity index (χ2n) is 4.76. The van der Waals surface area contributed by atoms with Crippen LogP contribution in [0.25, 0.3) is 0 Å². The molecule has 90 valence electrons. The van der Waals surface area contributed by atoms with Gasteiger partial charge in [0.05, 0.1) is 0 Å². The molecule has 0 aliphatic rings. The topological polar surface area (TPSA) is 24.1 Å². The Hall–Kier alpha value is -0.860. The summed E-state index contributed by atoms with van der Waals surface area (Å²) in [4.78, 5) is 0. The van der Waals surface area contributed by atoms with Crippen LogP contribution >= 0.6 is 0 Å². The standard InChI is InChI=1S/C14H24N2/c1-10(2)16-9-14(15-5)13-7-6-11(3)8-12(13)4/h6-8,10,14-16H,9H2,1-5H3. The zero-order valence-corrected chi connectivity index (χ0v) is 11.1. The molecule has 2 N–H and O–H groups in total. The second-order valence-corrected chi connectivity index (χ2v) is 4.76. The van der Waals surface area contributed by atoms with E-state index in [-0.39, 0.29) is 0 Å². The number of hydrogen-bond donors (Lipinski definition) is 2. The Bertz CT molecular complexity index is 332. The summed E-state index contributed by atoms with van der Waals surface area (Å²) in [7, 11) is 2.02. The fourth-order valence-electron chi connectivity index (χ4n) is 1.94. The fraction of sp³-hybridized carbons (Fsp3) is 0.571. The van der Waals surface area contributed by atoms with Gasteiger partial charge in [-0.3, -0.25) is 0 Å². The quantitative estimate of drug-likeness (QED) is 0.797. The van der Waals surface area contributed by atoms with Gasteiger partial charge in [-0.25, -0.2) is 0 Å². The molecule has 0 bridgehead atoms. The van der Waals surface area contributed by atoms with Crippen LogP contribution in [0.15, 0.2) is 18.2 Å². The molecular weight excluding hydrogens is 196 g/mol. The highest BCUT2D eigenvalue weighted by atomic mass is 15.0. The molecule has 0 saturated heterocycles. The Morgan fingerprint density at radius 2 is 1.88 bits per heavy atom. The maximum absolute atomic E-state index is 3.47. The molecule has 0 radical (unpaired) electrons. The fourth-order valence-corrected chi connectivity index (χ4v) is 1.94. The molecule has 1 atom stereocenters. The normalized spacial score (nSPS) is 13.1. The van der Waals surface area contributed by atoms with Crippen LogP contribution in [-0.2, 0) is 0 Å². The molecule has 0 aromatic heterocycles. The van der Waals surface area contributed by atoms with Crippen LogP contribution in [0.3, 0.4) is 0 Å². The molecule has 1 unspecified atom stereocenters. The minimum absolute atomic E-state index is 0.392. The molecule has 2 nitrogen and oxygen atoms in total. The summed E-state index contributed by atoms with van der Waals surface area (Å²) in [5, 5.41) is 6.85. The van der Waals surface area contributed by atoms with Crippen molar-refractivity contribution in [3.05, 3.63) is 34.9 Å². The number of likely N-dealkylation sites (N-methyl/N-ethyl adjacent to an activating group) is 1. The van der Waals surface area contributed by atoms with Gasteiger partial charge in [-0.1, -0.05) is 37.6 Å². The Morgan fingerprint density at radius 3 is 2.38 bits per heavy atom. The lowest BCUT2D eigenvalue weighted by Gasteiger charge is -2.21. The predicted molar refractivity (Wildman–Crippen MR) is 70.9 cm³/mol. The van der Waals surface area contributed by atoms with Gasteiger partial charge in [0.2, 0.25) is 0 Å². The summed E-state index contributed by atoms with van der Waals surface area (Å²) in [6.45, 7) is 9.64. The minimum Gasteiger partial charge on any atom is -0.313 e. The molecule has 0 spiro atoms. The van der Waals surface area contributed by atoms with Crippen molar-refractivity contribution in [1.82, 2.24) is 10.6 Å². The molecule has 0 saturated carbocycles. The molecule has 2 heteroatoms. The zero-order valence-electron chi connectivity index (χ0n) is 11.1. The molecular formula is C14H24N2. The Kier molecular flexibility index (Phi) is 4.97. The number of nitrogens with one attached hydrogen (secondary N) is 2. The Morgan fingerprint density at radius 1 is 1.19 bits per heavy atom. The van der Waals surface area contributed by atoms with Gasteiger partial charge in [0.25, 0.3) is 0 Å². The second kappa shape index (κ2) is 6.02. The van der Waals surface area contributed by atoms with E-state index in [1.807, 2.05) is 7.05 Å². The molecule has 0 aliphatic heterocycles. The first-order chi connectivity index (χ1) is 7.54. The van der Waals surface area contributed by atoms with Crippen LogP contribution in [-0.4, -0.2) is 19.6 Å². The molecule has 0 aliphatic carbocycles. The van der Waals surface area contributed by atoms with Gasteiger partial charge in [0.15, 0.2) is 0 Å². The van der Waals surface area contributed by atoms with Crippen molar-refractivity contribution >= 4 is 0 Å². The van der Waals surface area contributed by atoms with Crippen LogP contribution in [0, 0.1) is 13.8 Å². The summed E-state index contributed by atoms with van der Waals surface area (Å²) in [5.74, 6) is 0. The van der Waals surface area contributed by atoms with Crippen molar-refractivity contribution in [1.29, 1.82) is 0 Å². The zero-order chi connectivity index (χ0) is 12.1. The van der Waals surface area contributed by atoms with Gasteiger partial charge in [0.1, 0.15) is 0 Å². The van der Waals surface area contributed by atoms with E-state index in [0.29, 0.717) is 12.1 Å². The average molecular weight is 220 g/mol. The van der Waals surface area contributed by atoms with E-state index in [4.69, 9.17) is 0 Å². The molecule has 0 amide bonds. The van der Waals surface area contributed by atoms with E-state index in [2.05, 4.69) is 56.5 Å². The van der Waals surface area contributed by atoms with Crippen molar-refractivity contribution < 1.29 is 0 Å². The highest BCUT2D eigenvalue weighted by Gasteiger charge is 2.11. The van der Waals surface area contributed by atoms with Crippen LogP contribution in [0.1, 0.15) is 36.6 Å². The van der Waals surface area contributed by atoms with Gasteiger partial charge >= 0.3 is 0 Å². The van der Waals surface area contributed by atoms with E-state index in [0.717, 1.165) is 6.54 Å². The summed E-state index contributed by atoms with van der Waals surface area (Å²) in [6, 6.07) is 7.58. The minimum atomic E-state index is 0.392. The van der Waals surface area contributed by atoms with Crippen molar-refractivity contribution in [3.8, 4) is 0 Å². The number of hydrogen-bond acceptors (Lipinski definition) is 2. The Balaban J connectivity index is 2.78. The van der Waals surface area contributed by atoms with E-state index in [1.165, 1.54) is 16.7 Å². The first-order valence-corrected chi connectivity index (χ1v) is 6.02. The largest absolute Gasteiger partial charge is 0.313 e. The maximum Gasteiger partial charge on any atom is 0.0447 e. The van der Waals surface area contributed by atoms with E-state index in [1.54, 1.807) is 0 Å². The number of rotatable bonds is 5. The Labute approximate surface area is 99.5 Å². The smallest absolute Gasteiger partial charge is 0.0447 e.